The van der Waals surface area contributed by atoms with Gasteiger partial charge < -0.3 is 4.90 Å². The van der Waals surface area contributed by atoms with Crippen LogP contribution in [0.2, 0.25) is 0 Å². The first-order valence-corrected chi connectivity index (χ1v) is 11.4. The Balaban J connectivity index is 1.47. The summed E-state index contributed by atoms with van der Waals surface area (Å²) >= 11 is 0. The number of nitro groups is 1. The van der Waals surface area contributed by atoms with E-state index in [4.69, 9.17) is 0 Å². The van der Waals surface area contributed by atoms with Gasteiger partial charge in [0.25, 0.3) is 5.69 Å². The number of carbonyl (C=O) groups is 1. The second-order valence-electron chi connectivity index (χ2n) is 7.73. The van der Waals surface area contributed by atoms with E-state index in [-0.39, 0.29) is 29.0 Å². The molecule has 9 heteroatoms. The molecule has 0 aromatic heterocycles. The first kappa shape index (κ1) is 20.5. The predicted molar refractivity (Wildman–Crippen MR) is 110 cm³/mol. The molecule has 1 amide bonds. The smallest absolute Gasteiger partial charge is 0.269 e. The first-order valence-electron chi connectivity index (χ1n) is 9.96. The SMILES string of the molecule is O=C([C@H]1CCCN(S(=O)(=O)c2ccc([N+](=O)[O-])cc2)C1)N1CCc2ccccc2C1. The molecule has 2 aliphatic rings. The molecule has 2 heterocycles. The van der Waals surface area contributed by atoms with Gasteiger partial charge in [0, 0.05) is 38.3 Å². The van der Waals surface area contributed by atoms with Crippen molar-refractivity contribution in [1.82, 2.24) is 9.21 Å². The third-order valence-corrected chi connectivity index (χ3v) is 7.74. The van der Waals surface area contributed by atoms with Gasteiger partial charge in [-0.3, -0.25) is 14.9 Å². The number of rotatable bonds is 4. The molecule has 0 unspecified atom stereocenters. The Hall–Kier alpha value is -2.78. The van der Waals surface area contributed by atoms with E-state index < -0.39 is 14.9 Å². The van der Waals surface area contributed by atoms with Gasteiger partial charge in [-0.05, 0) is 42.5 Å². The van der Waals surface area contributed by atoms with Crippen LogP contribution in [0.1, 0.15) is 24.0 Å². The molecule has 1 saturated heterocycles. The number of piperidine rings is 1. The van der Waals surface area contributed by atoms with Crippen LogP contribution in [0, 0.1) is 16.0 Å². The Bertz CT molecular complexity index is 1070. The lowest BCUT2D eigenvalue weighted by atomic mass is 9.95. The van der Waals surface area contributed by atoms with Crippen molar-refractivity contribution in [2.45, 2.75) is 30.7 Å². The molecule has 2 aliphatic heterocycles. The summed E-state index contributed by atoms with van der Waals surface area (Å²) < 4.78 is 27.3. The zero-order chi connectivity index (χ0) is 21.3. The van der Waals surface area contributed by atoms with E-state index >= 15 is 0 Å². The highest BCUT2D eigenvalue weighted by Gasteiger charge is 2.36. The molecule has 0 N–H and O–H groups in total. The highest BCUT2D eigenvalue weighted by Crippen LogP contribution is 2.28. The summed E-state index contributed by atoms with van der Waals surface area (Å²) in [5, 5.41) is 10.8. The summed E-state index contributed by atoms with van der Waals surface area (Å²) in [6.45, 7) is 1.67. The van der Waals surface area contributed by atoms with Gasteiger partial charge in [-0.1, -0.05) is 24.3 Å². The maximum Gasteiger partial charge on any atom is 0.269 e. The predicted octanol–water partition coefficient (Wildman–Crippen LogP) is 2.58. The Morgan fingerprint density at radius 3 is 2.43 bits per heavy atom. The van der Waals surface area contributed by atoms with Gasteiger partial charge >= 0.3 is 0 Å². The largest absolute Gasteiger partial charge is 0.338 e. The molecular formula is C21H23N3O5S. The average Bonchev–Trinajstić information content (AvgIpc) is 2.78. The minimum atomic E-state index is -3.81. The van der Waals surface area contributed by atoms with Gasteiger partial charge in [0.2, 0.25) is 15.9 Å². The Morgan fingerprint density at radius 1 is 1.03 bits per heavy atom. The quantitative estimate of drug-likeness (QED) is 0.549. The van der Waals surface area contributed by atoms with Crippen molar-refractivity contribution in [1.29, 1.82) is 0 Å². The van der Waals surface area contributed by atoms with E-state index in [0.29, 0.717) is 32.5 Å². The number of amides is 1. The van der Waals surface area contributed by atoms with Crippen molar-refractivity contribution >= 4 is 21.6 Å². The van der Waals surface area contributed by atoms with Crippen LogP contribution in [0.5, 0.6) is 0 Å². The summed E-state index contributed by atoms with van der Waals surface area (Å²) in [4.78, 5) is 25.2. The highest BCUT2D eigenvalue weighted by molar-refractivity contribution is 7.89. The summed E-state index contributed by atoms with van der Waals surface area (Å²) in [7, 11) is -3.81. The molecule has 158 valence electrons. The molecule has 0 spiro atoms. The lowest BCUT2D eigenvalue weighted by Crippen LogP contribution is -2.47. The fourth-order valence-electron chi connectivity index (χ4n) is 4.19. The summed E-state index contributed by atoms with van der Waals surface area (Å²) in [6, 6.07) is 12.9. The summed E-state index contributed by atoms with van der Waals surface area (Å²) in [5.41, 5.74) is 2.24. The van der Waals surface area contributed by atoms with Crippen LogP contribution < -0.4 is 0 Å². The molecule has 0 saturated carbocycles. The molecule has 2 aromatic rings. The minimum absolute atomic E-state index is 0.00639. The van der Waals surface area contributed by atoms with Gasteiger partial charge in [0.05, 0.1) is 15.7 Å². The number of nitro benzene ring substituents is 1. The third-order valence-electron chi connectivity index (χ3n) is 5.86. The van der Waals surface area contributed by atoms with Gasteiger partial charge in [-0.2, -0.15) is 4.31 Å². The summed E-state index contributed by atoms with van der Waals surface area (Å²) in [5.74, 6) is -0.384. The zero-order valence-electron chi connectivity index (χ0n) is 16.4. The fraction of sp³-hybridized carbons (Fsp3) is 0.381. The number of fused-ring (bicyclic) bond motifs is 1. The molecule has 30 heavy (non-hydrogen) atoms. The normalized spacial score (nSPS) is 19.9. The summed E-state index contributed by atoms with van der Waals surface area (Å²) in [6.07, 6.45) is 2.07. The monoisotopic (exact) mass is 429 g/mol. The van der Waals surface area contributed by atoms with Gasteiger partial charge in [-0.25, -0.2) is 8.42 Å². The van der Waals surface area contributed by atoms with Crippen molar-refractivity contribution in [2.75, 3.05) is 19.6 Å². The second-order valence-corrected chi connectivity index (χ2v) is 9.67. The second kappa shape index (κ2) is 8.16. The Labute approximate surface area is 175 Å². The third kappa shape index (κ3) is 3.95. The van der Waals surface area contributed by atoms with Gasteiger partial charge in [0.1, 0.15) is 0 Å². The van der Waals surface area contributed by atoms with Crippen LogP contribution >= 0.6 is 0 Å². The fourth-order valence-corrected chi connectivity index (χ4v) is 5.72. The van der Waals surface area contributed by atoms with Crippen molar-refractivity contribution < 1.29 is 18.1 Å². The van der Waals surface area contributed by atoms with Gasteiger partial charge in [0.15, 0.2) is 0 Å². The number of sulfonamides is 1. The van der Waals surface area contributed by atoms with Crippen LogP contribution in [0.3, 0.4) is 0 Å². The lowest BCUT2D eigenvalue weighted by molar-refractivity contribution is -0.384. The molecule has 0 radical (unpaired) electrons. The van der Waals surface area contributed by atoms with Crippen molar-refractivity contribution in [3.05, 3.63) is 69.8 Å². The molecule has 2 aromatic carbocycles. The van der Waals surface area contributed by atoms with Crippen LogP contribution in [0.25, 0.3) is 0 Å². The first-order chi connectivity index (χ1) is 14.4. The van der Waals surface area contributed by atoms with Crippen LogP contribution in [0.15, 0.2) is 53.4 Å². The van der Waals surface area contributed by atoms with Crippen molar-refractivity contribution in [2.24, 2.45) is 5.92 Å². The number of benzene rings is 2. The van der Waals surface area contributed by atoms with E-state index in [9.17, 15) is 23.3 Å². The van der Waals surface area contributed by atoms with E-state index in [2.05, 4.69) is 6.07 Å². The van der Waals surface area contributed by atoms with E-state index in [1.807, 2.05) is 23.1 Å². The Kier molecular flexibility index (Phi) is 5.57. The molecular weight excluding hydrogens is 406 g/mol. The minimum Gasteiger partial charge on any atom is -0.338 e. The van der Waals surface area contributed by atoms with E-state index in [1.165, 1.54) is 34.1 Å². The number of carbonyl (C=O) groups excluding carboxylic acids is 1. The van der Waals surface area contributed by atoms with Crippen molar-refractivity contribution in [3.8, 4) is 0 Å². The molecule has 8 nitrogen and oxygen atoms in total. The molecule has 1 atom stereocenters. The zero-order valence-corrected chi connectivity index (χ0v) is 17.3. The topological polar surface area (TPSA) is 101 Å². The molecule has 0 bridgehead atoms. The average molecular weight is 429 g/mol. The van der Waals surface area contributed by atoms with E-state index in [1.54, 1.807) is 0 Å². The number of non-ortho nitro benzene ring substituents is 1. The van der Waals surface area contributed by atoms with Gasteiger partial charge in [-0.15, -0.1) is 0 Å². The standard InChI is InChI=1S/C21H23N3O5S/c25-21(22-13-11-16-4-1-2-5-17(16)14-22)18-6-3-12-23(15-18)30(28,29)20-9-7-19(8-10-20)24(26)27/h1-2,4-5,7-10,18H,3,6,11-15H2/t18-/m0/s1. The van der Waals surface area contributed by atoms with E-state index in [0.717, 1.165) is 12.0 Å². The molecule has 0 aliphatic carbocycles. The van der Waals surface area contributed by atoms with Crippen molar-refractivity contribution in [3.63, 3.8) is 0 Å². The molecule has 1 fully saturated rings. The molecule has 4 rings (SSSR count). The van der Waals surface area contributed by atoms with Crippen LogP contribution in [-0.2, 0) is 27.8 Å². The Morgan fingerprint density at radius 2 is 1.73 bits per heavy atom. The van der Waals surface area contributed by atoms with Crippen LogP contribution in [-0.4, -0.2) is 48.1 Å². The maximum atomic E-state index is 13.1. The number of hydrogen-bond acceptors (Lipinski definition) is 5. The lowest BCUT2D eigenvalue weighted by Gasteiger charge is -2.36. The maximum absolute atomic E-state index is 13.1. The number of nitrogens with zero attached hydrogens (tertiary/aromatic N) is 3. The number of hydrogen-bond donors (Lipinski definition) is 0. The van der Waals surface area contributed by atoms with Crippen LogP contribution in [0.4, 0.5) is 5.69 Å². The highest BCUT2D eigenvalue weighted by atomic mass is 32.2.